The van der Waals surface area contributed by atoms with Gasteiger partial charge in [0.15, 0.2) is 6.61 Å². The second-order valence-electron chi connectivity index (χ2n) is 6.27. The summed E-state index contributed by atoms with van der Waals surface area (Å²) in [5, 5.41) is 5.48. The van der Waals surface area contributed by atoms with E-state index in [9.17, 15) is 9.59 Å². The topological polar surface area (TPSA) is 76.7 Å². The van der Waals surface area contributed by atoms with E-state index in [0.717, 1.165) is 11.1 Å². The van der Waals surface area contributed by atoms with Gasteiger partial charge in [-0.3, -0.25) is 4.79 Å². The van der Waals surface area contributed by atoms with Crippen LogP contribution >= 0.6 is 0 Å². The van der Waals surface area contributed by atoms with Crippen LogP contribution in [0.25, 0.3) is 0 Å². The molecule has 0 spiro atoms. The lowest BCUT2D eigenvalue weighted by Gasteiger charge is -2.10. The lowest BCUT2D eigenvalue weighted by atomic mass is 10.2. The second-order valence-corrected chi connectivity index (χ2v) is 6.27. The maximum Gasteiger partial charge on any atom is 0.407 e. The Morgan fingerprint density at radius 2 is 1.48 bits per heavy atom. The largest absolute Gasteiger partial charge is 0.484 e. The Balaban J connectivity index is 1.42. The van der Waals surface area contributed by atoms with Gasteiger partial charge in [-0.05, 0) is 35.4 Å². The number of nitrogens with one attached hydrogen (secondary N) is 2. The molecular formula is C23H22N2O4. The highest BCUT2D eigenvalue weighted by Crippen LogP contribution is 2.12. The number of para-hydroxylation sites is 1. The fourth-order valence-corrected chi connectivity index (χ4v) is 2.57. The van der Waals surface area contributed by atoms with Crippen LogP contribution in [-0.4, -0.2) is 18.6 Å². The predicted octanol–water partition coefficient (Wildman–Crippen LogP) is 4.13. The van der Waals surface area contributed by atoms with Gasteiger partial charge in [0.2, 0.25) is 0 Å². The Bertz CT molecular complexity index is 930. The van der Waals surface area contributed by atoms with Crippen molar-refractivity contribution in [2.24, 2.45) is 0 Å². The van der Waals surface area contributed by atoms with Crippen molar-refractivity contribution in [3.63, 3.8) is 0 Å². The molecular weight excluding hydrogens is 368 g/mol. The number of carbonyl (C=O) groups excluding carboxylic acids is 2. The number of carbonyl (C=O) groups is 2. The van der Waals surface area contributed by atoms with E-state index in [0.29, 0.717) is 11.4 Å². The van der Waals surface area contributed by atoms with Crippen LogP contribution in [-0.2, 0) is 22.7 Å². The zero-order valence-corrected chi connectivity index (χ0v) is 15.8. The Morgan fingerprint density at radius 3 is 2.24 bits per heavy atom. The molecule has 29 heavy (non-hydrogen) atoms. The van der Waals surface area contributed by atoms with E-state index in [1.807, 2.05) is 54.6 Å². The molecule has 3 rings (SSSR count). The summed E-state index contributed by atoms with van der Waals surface area (Å²) in [6.07, 6.45) is -0.500. The van der Waals surface area contributed by atoms with E-state index in [1.54, 1.807) is 30.3 Å². The van der Waals surface area contributed by atoms with Gasteiger partial charge in [-0.2, -0.15) is 0 Å². The number of amides is 2. The lowest BCUT2D eigenvalue weighted by Crippen LogP contribution is -2.24. The minimum absolute atomic E-state index is 0.0850. The number of benzene rings is 3. The highest BCUT2D eigenvalue weighted by atomic mass is 16.5. The highest BCUT2D eigenvalue weighted by molar-refractivity contribution is 5.91. The molecule has 0 heterocycles. The van der Waals surface area contributed by atoms with Crippen molar-refractivity contribution in [2.75, 3.05) is 11.9 Å². The fourth-order valence-electron chi connectivity index (χ4n) is 2.57. The first-order valence-corrected chi connectivity index (χ1v) is 9.20. The molecule has 148 valence electrons. The van der Waals surface area contributed by atoms with Gasteiger partial charge in [-0.25, -0.2) is 4.79 Å². The molecule has 0 aliphatic heterocycles. The summed E-state index contributed by atoms with van der Waals surface area (Å²) >= 11 is 0. The number of alkyl carbamates (subject to hydrolysis) is 1. The van der Waals surface area contributed by atoms with Crippen molar-refractivity contribution >= 4 is 17.7 Å². The SMILES string of the molecule is O=C(COc1ccccc1)Nc1cccc(CNC(=O)OCc2ccccc2)c1. The van der Waals surface area contributed by atoms with E-state index in [4.69, 9.17) is 9.47 Å². The minimum atomic E-state index is -0.500. The van der Waals surface area contributed by atoms with Crippen molar-refractivity contribution in [3.05, 3.63) is 96.1 Å². The number of ether oxygens (including phenoxy) is 2. The summed E-state index contributed by atoms with van der Waals surface area (Å²) in [4.78, 5) is 23.9. The summed E-state index contributed by atoms with van der Waals surface area (Å²) in [6.45, 7) is 0.417. The Kier molecular flexibility index (Phi) is 7.23. The molecule has 6 nitrogen and oxygen atoms in total. The quantitative estimate of drug-likeness (QED) is 0.606. The summed E-state index contributed by atoms with van der Waals surface area (Å²) < 4.78 is 10.6. The summed E-state index contributed by atoms with van der Waals surface area (Å²) in [5.74, 6) is 0.371. The smallest absolute Gasteiger partial charge is 0.407 e. The van der Waals surface area contributed by atoms with E-state index < -0.39 is 6.09 Å². The Hall–Kier alpha value is -3.80. The van der Waals surface area contributed by atoms with Gasteiger partial charge in [0.1, 0.15) is 12.4 Å². The number of hydrogen-bond acceptors (Lipinski definition) is 4. The first-order valence-electron chi connectivity index (χ1n) is 9.20. The minimum Gasteiger partial charge on any atom is -0.484 e. The molecule has 0 bridgehead atoms. The Labute approximate surface area is 169 Å². The van der Waals surface area contributed by atoms with Crippen molar-refractivity contribution in [3.8, 4) is 5.75 Å². The van der Waals surface area contributed by atoms with Crippen molar-refractivity contribution in [1.82, 2.24) is 5.32 Å². The molecule has 0 radical (unpaired) electrons. The van der Waals surface area contributed by atoms with Crippen molar-refractivity contribution in [2.45, 2.75) is 13.2 Å². The van der Waals surface area contributed by atoms with Gasteiger partial charge in [0, 0.05) is 12.2 Å². The van der Waals surface area contributed by atoms with E-state index in [1.165, 1.54) is 0 Å². The summed E-state index contributed by atoms with van der Waals surface area (Å²) in [6, 6.07) is 25.8. The van der Waals surface area contributed by atoms with Gasteiger partial charge < -0.3 is 20.1 Å². The molecule has 0 unspecified atom stereocenters. The van der Waals surface area contributed by atoms with Crippen LogP contribution < -0.4 is 15.4 Å². The first-order chi connectivity index (χ1) is 14.2. The molecule has 0 aromatic heterocycles. The summed E-state index contributed by atoms with van der Waals surface area (Å²) in [5.41, 5.74) is 2.39. The molecule has 0 aliphatic rings. The average Bonchev–Trinajstić information content (AvgIpc) is 2.76. The van der Waals surface area contributed by atoms with E-state index >= 15 is 0 Å². The number of anilines is 1. The normalized spacial score (nSPS) is 10.1. The van der Waals surface area contributed by atoms with Crippen LogP contribution in [0.3, 0.4) is 0 Å². The molecule has 6 heteroatoms. The van der Waals surface area contributed by atoms with E-state index in [-0.39, 0.29) is 25.7 Å². The molecule has 2 N–H and O–H groups in total. The molecule has 0 saturated heterocycles. The third kappa shape index (κ3) is 7.03. The van der Waals surface area contributed by atoms with Gasteiger partial charge in [0.05, 0.1) is 0 Å². The lowest BCUT2D eigenvalue weighted by molar-refractivity contribution is -0.118. The fraction of sp³-hybridized carbons (Fsp3) is 0.130. The van der Waals surface area contributed by atoms with Crippen molar-refractivity contribution < 1.29 is 19.1 Å². The molecule has 2 amide bonds. The van der Waals surface area contributed by atoms with Crippen molar-refractivity contribution in [1.29, 1.82) is 0 Å². The molecule has 3 aromatic carbocycles. The third-order valence-electron chi connectivity index (χ3n) is 3.97. The monoisotopic (exact) mass is 390 g/mol. The molecule has 0 fully saturated rings. The third-order valence-corrected chi connectivity index (χ3v) is 3.97. The maximum absolute atomic E-state index is 12.1. The number of rotatable bonds is 8. The van der Waals surface area contributed by atoms with Crippen LogP contribution in [0, 0.1) is 0 Å². The number of hydrogen-bond donors (Lipinski definition) is 2. The maximum atomic E-state index is 12.1. The highest BCUT2D eigenvalue weighted by Gasteiger charge is 2.06. The molecule has 0 atom stereocenters. The van der Waals surface area contributed by atoms with Gasteiger partial charge in [-0.1, -0.05) is 60.7 Å². The molecule has 0 aliphatic carbocycles. The second kappa shape index (κ2) is 10.5. The van der Waals surface area contributed by atoms with Crippen LogP contribution in [0.4, 0.5) is 10.5 Å². The van der Waals surface area contributed by atoms with Crippen LogP contribution in [0.2, 0.25) is 0 Å². The van der Waals surface area contributed by atoms with Gasteiger partial charge >= 0.3 is 6.09 Å². The zero-order valence-electron chi connectivity index (χ0n) is 15.8. The van der Waals surface area contributed by atoms with Gasteiger partial charge in [0.25, 0.3) is 5.91 Å². The summed E-state index contributed by atoms with van der Waals surface area (Å²) in [7, 11) is 0. The molecule has 0 saturated carbocycles. The predicted molar refractivity (Wildman–Crippen MR) is 110 cm³/mol. The zero-order chi connectivity index (χ0) is 20.3. The average molecular weight is 390 g/mol. The standard InChI is InChI=1S/C23H22N2O4/c26-22(17-28-21-12-5-2-6-13-21)25-20-11-7-10-19(14-20)15-24-23(27)29-16-18-8-3-1-4-9-18/h1-14H,15-17H2,(H,24,27)(H,25,26). The van der Waals surface area contributed by atoms with Gasteiger partial charge in [-0.15, -0.1) is 0 Å². The molecule has 3 aromatic rings. The van der Waals surface area contributed by atoms with Crippen LogP contribution in [0.15, 0.2) is 84.9 Å². The van der Waals surface area contributed by atoms with Crippen LogP contribution in [0.5, 0.6) is 5.75 Å². The first kappa shape index (κ1) is 19.9. The Morgan fingerprint density at radius 1 is 0.793 bits per heavy atom. The van der Waals surface area contributed by atoms with E-state index in [2.05, 4.69) is 10.6 Å². The van der Waals surface area contributed by atoms with Crippen LogP contribution in [0.1, 0.15) is 11.1 Å².